The van der Waals surface area contributed by atoms with Crippen molar-refractivity contribution in [2.45, 2.75) is 20.3 Å². The molecule has 5 heteroatoms. The van der Waals surface area contributed by atoms with Crippen LogP contribution < -0.4 is 9.47 Å². The van der Waals surface area contributed by atoms with Crippen molar-refractivity contribution in [3.63, 3.8) is 0 Å². The number of nitrogens with zero attached hydrogens (tertiary/aromatic N) is 1. The van der Waals surface area contributed by atoms with Crippen LogP contribution in [0.4, 0.5) is 0 Å². The Morgan fingerprint density at radius 2 is 1.96 bits per heavy atom. The first kappa shape index (κ1) is 16.8. The van der Waals surface area contributed by atoms with Gasteiger partial charge in [-0.1, -0.05) is 19.1 Å². The van der Waals surface area contributed by atoms with E-state index < -0.39 is 5.97 Å². The fraction of sp³-hybridized carbons (Fsp3) is 0.333. The Morgan fingerprint density at radius 1 is 1.09 bits per heavy atom. The monoisotopic (exact) mass is 315 g/mol. The van der Waals surface area contributed by atoms with Crippen LogP contribution in [0.1, 0.15) is 29.8 Å². The standard InChI is InChI=1S/C18H21NO4/c1-3-14-7-5-8-15(13-14)22-11-12-23-18(20)16-9-6-10-19-17(16)21-4-2/h5-10,13H,3-4,11-12H2,1-2H3. The van der Waals surface area contributed by atoms with Crippen LogP contribution in [0.25, 0.3) is 0 Å². The molecule has 0 spiro atoms. The van der Waals surface area contributed by atoms with Crippen molar-refractivity contribution >= 4 is 5.97 Å². The van der Waals surface area contributed by atoms with Crippen LogP contribution >= 0.6 is 0 Å². The summed E-state index contributed by atoms with van der Waals surface area (Å²) in [6.45, 7) is 4.82. The van der Waals surface area contributed by atoms with E-state index >= 15 is 0 Å². The van der Waals surface area contributed by atoms with Gasteiger partial charge < -0.3 is 14.2 Å². The molecule has 0 saturated carbocycles. The van der Waals surface area contributed by atoms with E-state index in [2.05, 4.69) is 11.9 Å². The molecule has 23 heavy (non-hydrogen) atoms. The lowest BCUT2D eigenvalue weighted by Crippen LogP contribution is -2.14. The van der Waals surface area contributed by atoms with E-state index in [1.807, 2.05) is 31.2 Å². The molecule has 0 N–H and O–H groups in total. The van der Waals surface area contributed by atoms with Crippen molar-refractivity contribution in [3.05, 3.63) is 53.7 Å². The molecule has 0 bridgehead atoms. The lowest BCUT2D eigenvalue weighted by Gasteiger charge is -2.10. The number of hydrogen-bond donors (Lipinski definition) is 0. The molecule has 0 atom stereocenters. The van der Waals surface area contributed by atoms with E-state index in [-0.39, 0.29) is 12.5 Å². The molecule has 2 aromatic rings. The summed E-state index contributed by atoms with van der Waals surface area (Å²) in [5, 5.41) is 0. The van der Waals surface area contributed by atoms with Gasteiger partial charge in [0.15, 0.2) is 0 Å². The van der Waals surface area contributed by atoms with E-state index in [1.165, 1.54) is 5.56 Å². The molecule has 0 saturated heterocycles. The second-order valence-electron chi connectivity index (χ2n) is 4.77. The van der Waals surface area contributed by atoms with Crippen LogP contribution in [0, 0.1) is 0 Å². The Morgan fingerprint density at radius 3 is 2.74 bits per heavy atom. The van der Waals surface area contributed by atoms with Gasteiger partial charge in [0.05, 0.1) is 6.61 Å². The topological polar surface area (TPSA) is 57.7 Å². The number of pyridine rings is 1. The third-order valence-electron chi connectivity index (χ3n) is 3.16. The highest BCUT2D eigenvalue weighted by molar-refractivity contribution is 5.91. The van der Waals surface area contributed by atoms with Gasteiger partial charge in [0.2, 0.25) is 5.88 Å². The number of esters is 1. The first-order valence-electron chi connectivity index (χ1n) is 7.71. The Labute approximate surface area is 136 Å². The van der Waals surface area contributed by atoms with Gasteiger partial charge in [-0.05, 0) is 43.2 Å². The molecule has 0 aliphatic rings. The summed E-state index contributed by atoms with van der Waals surface area (Å²) < 4.78 is 16.1. The quantitative estimate of drug-likeness (QED) is 0.553. The molecule has 0 unspecified atom stereocenters. The first-order valence-corrected chi connectivity index (χ1v) is 7.71. The third-order valence-corrected chi connectivity index (χ3v) is 3.16. The smallest absolute Gasteiger partial charge is 0.343 e. The summed E-state index contributed by atoms with van der Waals surface area (Å²) in [4.78, 5) is 16.1. The number of rotatable bonds is 8. The fourth-order valence-corrected chi connectivity index (χ4v) is 2.02. The highest BCUT2D eigenvalue weighted by Crippen LogP contribution is 2.16. The molecule has 1 heterocycles. The van der Waals surface area contributed by atoms with Gasteiger partial charge >= 0.3 is 5.97 Å². The van der Waals surface area contributed by atoms with Crippen LogP contribution in [0.2, 0.25) is 0 Å². The number of benzene rings is 1. The van der Waals surface area contributed by atoms with Crippen LogP contribution in [-0.4, -0.2) is 30.8 Å². The van der Waals surface area contributed by atoms with E-state index in [9.17, 15) is 4.79 Å². The predicted molar refractivity (Wildman–Crippen MR) is 87.0 cm³/mol. The molecule has 1 aromatic carbocycles. The second kappa shape index (κ2) is 8.78. The number of aromatic nitrogens is 1. The van der Waals surface area contributed by atoms with E-state index in [0.29, 0.717) is 18.8 Å². The lowest BCUT2D eigenvalue weighted by atomic mass is 10.2. The molecule has 0 aliphatic heterocycles. The van der Waals surface area contributed by atoms with Gasteiger partial charge in [-0.2, -0.15) is 0 Å². The Bertz CT molecular complexity index is 642. The molecule has 1 aromatic heterocycles. The molecule has 0 radical (unpaired) electrons. The van der Waals surface area contributed by atoms with Crippen molar-refractivity contribution in [1.82, 2.24) is 4.98 Å². The minimum absolute atomic E-state index is 0.162. The van der Waals surface area contributed by atoms with Gasteiger partial charge in [-0.25, -0.2) is 9.78 Å². The van der Waals surface area contributed by atoms with Crippen molar-refractivity contribution < 1.29 is 19.0 Å². The van der Waals surface area contributed by atoms with Gasteiger partial charge in [0, 0.05) is 6.20 Å². The summed E-state index contributed by atoms with van der Waals surface area (Å²) in [6, 6.07) is 11.2. The van der Waals surface area contributed by atoms with Crippen LogP contribution in [-0.2, 0) is 11.2 Å². The van der Waals surface area contributed by atoms with Gasteiger partial charge in [-0.15, -0.1) is 0 Å². The molecular formula is C18H21NO4. The molecular weight excluding hydrogens is 294 g/mol. The average molecular weight is 315 g/mol. The van der Waals surface area contributed by atoms with Gasteiger partial charge in [-0.3, -0.25) is 0 Å². The number of ether oxygens (including phenoxy) is 3. The van der Waals surface area contributed by atoms with Gasteiger partial charge in [0.25, 0.3) is 0 Å². The maximum Gasteiger partial charge on any atom is 0.343 e. The highest BCUT2D eigenvalue weighted by atomic mass is 16.6. The normalized spacial score (nSPS) is 10.2. The molecule has 2 rings (SSSR count). The fourth-order valence-electron chi connectivity index (χ4n) is 2.02. The van der Waals surface area contributed by atoms with Crippen molar-refractivity contribution in [3.8, 4) is 11.6 Å². The minimum atomic E-state index is -0.465. The Hall–Kier alpha value is -2.56. The minimum Gasteiger partial charge on any atom is -0.490 e. The molecule has 0 aliphatic carbocycles. The summed E-state index contributed by atoms with van der Waals surface area (Å²) in [7, 11) is 0. The molecule has 0 amide bonds. The summed E-state index contributed by atoms with van der Waals surface area (Å²) in [5.74, 6) is 0.598. The van der Waals surface area contributed by atoms with Crippen LogP contribution in [0.5, 0.6) is 11.6 Å². The zero-order chi connectivity index (χ0) is 16.5. The van der Waals surface area contributed by atoms with Crippen LogP contribution in [0.3, 0.4) is 0 Å². The van der Waals surface area contributed by atoms with Crippen molar-refractivity contribution in [1.29, 1.82) is 0 Å². The number of hydrogen-bond acceptors (Lipinski definition) is 5. The summed E-state index contributed by atoms with van der Waals surface area (Å²) in [5.41, 5.74) is 1.53. The lowest BCUT2D eigenvalue weighted by molar-refractivity contribution is 0.0445. The number of aryl methyl sites for hydroxylation is 1. The van der Waals surface area contributed by atoms with E-state index in [4.69, 9.17) is 14.2 Å². The third kappa shape index (κ3) is 4.98. The van der Waals surface area contributed by atoms with E-state index in [0.717, 1.165) is 12.2 Å². The molecule has 122 valence electrons. The largest absolute Gasteiger partial charge is 0.490 e. The zero-order valence-corrected chi connectivity index (χ0v) is 13.5. The average Bonchev–Trinajstić information content (AvgIpc) is 2.59. The maximum atomic E-state index is 12.1. The number of carbonyl (C=O) groups is 1. The first-order chi connectivity index (χ1) is 11.2. The maximum absolute atomic E-state index is 12.1. The predicted octanol–water partition coefficient (Wildman–Crippen LogP) is 3.28. The van der Waals surface area contributed by atoms with E-state index in [1.54, 1.807) is 18.3 Å². The number of carbonyl (C=O) groups excluding carboxylic acids is 1. The summed E-state index contributed by atoms with van der Waals surface area (Å²) >= 11 is 0. The molecule has 0 fully saturated rings. The molecule has 5 nitrogen and oxygen atoms in total. The van der Waals surface area contributed by atoms with Crippen LogP contribution in [0.15, 0.2) is 42.6 Å². The summed E-state index contributed by atoms with van der Waals surface area (Å²) in [6.07, 6.45) is 2.53. The Balaban J connectivity index is 1.83. The van der Waals surface area contributed by atoms with Crippen molar-refractivity contribution in [2.75, 3.05) is 19.8 Å². The second-order valence-corrected chi connectivity index (χ2v) is 4.77. The SMILES string of the molecule is CCOc1ncccc1C(=O)OCCOc1cccc(CC)c1. The Kier molecular flexibility index (Phi) is 6.41. The van der Waals surface area contributed by atoms with Gasteiger partial charge in [0.1, 0.15) is 24.5 Å². The highest BCUT2D eigenvalue weighted by Gasteiger charge is 2.14. The van der Waals surface area contributed by atoms with Crippen molar-refractivity contribution in [2.24, 2.45) is 0 Å². The zero-order valence-electron chi connectivity index (χ0n) is 13.5.